The van der Waals surface area contributed by atoms with E-state index in [2.05, 4.69) is 37.4 Å². The van der Waals surface area contributed by atoms with Crippen LogP contribution in [-0.2, 0) is 6.42 Å². The van der Waals surface area contributed by atoms with Crippen molar-refractivity contribution in [1.82, 2.24) is 0 Å². The number of rotatable bonds is 4. The van der Waals surface area contributed by atoms with E-state index in [1.165, 1.54) is 18.4 Å². The molecule has 0 aliphatic carbocycles. The Morgan fingerprint density at radius 3 is 2.25 bits per heavy atom. The molecule has 0 nitrogen and oxygen atoms in total. The first-order chi connectivity index (χ1) is 5.83. The van der Waals surface area contributed by atoms with E-state index in [0.717, 1.165) is 17.1 Å². The molecule has 0 radical (unpaired) electrons. The van der Waals surface area contributed by atoms with Gasteiger partial charge in [-0.05, 0) is 42.7 Å². The average molecular weight is 198 g/mol. The summed E-state index contributed by atoms with van der Waals surface area (Å²) in [6.45, 7) is 0. The number of hydrogen-bond donors (Lipinski definition) is 2. The maximum Gasteiger partial charge on any atom is 0.00401 e. The average Bonchev–Trinajstić information content (AvgIpc) is 2.09. The van der Waals surface area contributed by atoms with Crippen LogP contribution in [0.2, 0.25) is 0 Å². The third-order valence-electron chi connectivity index (χ3n) is 1.81. The lowest BCUT2D eigenvalue weighted by Gasteiger charge is -1.99. The van der Waals surface area contributed by atoms with Crippen LogP contribution in [0, 0.1) is 0 Å². The maximum absolute atomic E-state index is 4.23. The van der Waals surface area contributed by atoms with Crippen LogP contribution in [0.15, 0.2) is 29.2 Å². The van der Waals surface area contributed by atoms with Crippen molar-refractivity contribution >= 4 is 25.3 Å². The van der Waals surface area contributed by atoms with E-state index in [9.17, 15) is 0 Å². The van der Waals surface area contributed by atoms with Gasteiger partial charge in [0.25, 0.3) is 0 Å². The van der Waals surface area contributed by atoms with Gasteiger partial charge in [-0.2, -0.15) is 12.6 Å². The minimum atomic E-state index is 0.991. The summed E-state index contributed by atoms with van der Waals surface area (Å²) >= 11 is 8.40. The van der Waals surface area contributed by atoms with Crippen LogP contribution in [0.5, 0.6) is 0 Å². The van der Waals surface area contributed by atoms with Crippen molar-refractivity contribution in [3.8, 4) is 0 Å². The molecule has 1 aromatic rings. The molecule has 0 spiro atoms. The molecule has 0 aliphatic heterocycles. The van der Waals surface area contributed by atoms with Gasteiger partial charge in [0.05, 0.1) is 0 Å². The lowest BCUT2D eigenvalue weighted by Crippen LogP contribution is -1.85. The molecule has 0 saturated heterocycles. The highest BCUT2D eigenvalue weighted by Crippen LogP contribution is 2.10. The standard InChI is InChI=1S/C10H14S2/c11-8-2-1-3-9-4-6-10(12)7-5-9/h4-7,11-12H,1-3,8H2. The summed E-state index contributed by atoms with van der Waals surface area (Å²) in [6, 6.07) is 8.36. The molecular formula is C10H14S2. The van der Waals surface area contributed by atoms with Crippen molar-refractivity contribution in [2.45, 2.75) is 24.2 Å². The fourth-order valence-corrected chi connectivity index (χ4v) is 1.48. The summed E-state index contributed by atoms with van der Waals surface area (Å²) in [5.41, 5.74) is 1.40. The van der Waals surface area contributed by atoms with Crippen molar-refractivity contribution in [3.63, 3.8) is 0 Å². The number of thiol groups is 2. The highest BCUT2D eigenvalue weighted by atomic mass is 32.1. The summed E-state index contributed by atoms with van der Waals surface area (Å²) in [4.78, 5) is 1.04. The van der Waals surface area contributed by atoms with Crippen molar-refractivity contribution in [2.24, 2.45) is 0 Å². The molecule has 0 aliphatic rings. The molecule has 1 aromatic carbocycles. The van der Waals surface area contributed by atoms with E-state index < -0.39 is 0 Å². The van der Waals surface area contributed by atoms with Crippen LogP contribution in [0.3, 0.4) is 0 Å². The number of benzene rings is 1. The van der Waals surface area contributed by atoms with Gasteiger partial charge in [0.15, 0.2) is 0 Å². The Morgan fingerprint density at radius 1 is 1.00 bits per heavy atom. The molecule has 66 valence electrons. The first kappa shape index (κ1) is 10.0. The van der Waals surface area contributed by atoms with Crippen molar-refractivity contribution in [1.29, 1.82) is 0 Å². The van der Waals surface area contributed by atoms with Gasteiger partial charge < -0.3 is 0 Å². The number of unbranched alkanes of at least 4 members (excludes halogenated alkanes) is 1. The van der Waals surface area contributed by atoms with Crippen LogP contribution in [0.4, 0.5) is 0 Å². The molecular weight excluding hydrogens is 184 g/mol. The first-order valence-corrected chi connectivity index (χ1v) is 5.29. The molecule has 0 bridgehead atoms. The molecule has 1 rings (SSSR count). The van der Waals surface area contributed by atoms with Gasteiger partial charge in [-0.15, -0.1) is 12.6 Å². The predicted molar refractivity (Wildman–Crippen MR) is 60.5 cm³/mol. The Kier molecular flexibility index (Phi) is 4.62. The molecule has 0 amide bonds. The second-order valence-corrected chi connectivity index (χ2v) is 3.81. The Bertz CT molecular complexity index is 216. The summed E-state index contributed by atoms with van der Waals surface area (Å²) < 4.78 is 0. The topological polar surface area (TPSA) is 0 Å². The lowest BCUT2D eigenvalue weighted by molar-refractivity contribution is 0.803. The highest BCUT2D eigenvalue weighted by molar-refractivity contribution is 7.80. The molecule has 0 saturated carbocycles. The monoisotopic (exact) mass is 198 g/mol. The van der Waals surface area contributed by atoms with Crippen molar-refractivity contribution in [2.75, 3.05) is 5.75 Å². The Labute approximate surface area is 85.2 Å². The second kappa shape index (κ2) is 5.55. The maximum atomic E-state index is 4.23. The fraction of sp³-hybridized carbons (Fsp3) is 0.400. The molecule has 0 unspecified atom stereocenters. The Balaban J connectivity index is 2.37. The summed E-state index contributed by atoms with van der Waals surface area (Å²) in [5, 5.41) is 0. The fourth-order valence-electron chi connectivity index (χ4n) is 1.10. The van der Waals surface area contributed by atoms with Gasteiger partial charge in [-0.25, -0.2) is 0 Å². The van der Waals surface area contributed by atoms with Crippen molar-refractivity contribution in [3.05, 3.63) is 29.8 Å². The van der Waals surface area contributed by atoms with Crippen LogP contribution >= 0.6 is 25.3 Å². The van der Waals surface area contributed by atoms with Crippen LogP contribution in [-0.4, -0.2) is 5.75 Å². The largest absolute Gasteiger partial charge is 0.179 e. The van der Waals surface area contributed by atoms with Gasteiger partial charge in [0.1, 0.15) is 0 Å². The summed E-state index contributed by atoms with van der Waals surface area (Å²) in [5.74, 6) is 0.991. The molecule has 12 heavy (non-hydrogen) atoms. The zero-order valence-corrected chi connectivity index (χ0v) is 8.82. The number of hydrogen-bond acceptors (Lipinski definition) is 2. The van der Waals surface area contributed by atoms with Crippen LogP contribution in [0.1, 0.15) is 18.4 Å². The summed E-state index contributed by atoms with van der Waals surface area (Å²) in [7, 11) is 0. The molecule has 0 aromatic heterocycles. The van der Waals surface area contributed by atoms with E-state index in [0.29, 0.717) is 0 Å². The first-order valence-electron chi connectivity index (χ1n) is 4.21. The third kappa shape index (κ3) is 3.55. The molecule has 0 atom stereocenters. The zero-order valence-electron chi connectivity index (χ0n) is 7.03. The van der Waals surface area contributed by atoms with Gasteiger partial charge in [0, 0.05) is 4.90 Å². The minimum Gasteiger partial charge on any atom is -0.179 e. The van der Waals surface area contributed by atoms with E-state index in [1.807, 2.05) is 12.1 Å². The van der Waals surface area contributed by atoms with Crippen molar-refractivity contribution < 1.29 is 0 Å². The zero-order chi connectivity index (χ0) is 8.81. The smallest absolute Gasteiger partial charge is 0.00401 e. The summed E-state index contributed by atoms with van der Waals surface area (Å²) in [6.07, 6.45) is 3.59. The second-order valence-electron chi connectivity index (χ2n) is 2.85. The quantitative estimate of drug-likeness (QED) is 0.538. The Morgan fingerprint density at radius 2 is 1.67 bits per heavy atom. The molecule has 0 fully saturated rings. The lowest BCUT2D eigenvalue weighted by atomic mass is 10.1. The molecule has 2 heteroatoms. The SMILES string of the molecule is SCCCCc1ccc(S)cc1. The van der Waals surface area contributed by atoms with E-state index in [-0.39, 0.29) is 0 Å². The number of aryl methyl sites for hydroxylation is 1. The normalized spacial score (nSPS) is 10.2. The van der Waals surface area contributed by atoms with Gasteiger partial charge in [-0.3, -0.25) is 0 Å². The third-order valence-corrected chi connectivity index (χ3v) is 2.42. The highest BCUT2D eigenvalue weighted by Gasteiger charge is 1.91. The minimum absolute atomic E-state index is 0.991. The van der Waals surface area contributed by atoms with E-state index >= 15 is 0 Å². The van der Waals surface area contributed by atoms with Gasteiger partial charge in [-0.1, -0.05) is 12.1 Å². The van der Waals surface area contributed by atoms with Crippen LogP contribution < -0.4 is 0 Å². The molecule has 0 N–H and O–H groups in total. The van der Waals surface area contributed by atoms with Gasteiger partial charge in [0.2, 0.25) is 0 Å². The van der Waals surface area contributed by atoms with E-state index in [4.69, 9.17) is 0 Å². The molecule has 0 heterocycles. The van der Waals surface area contributed by atoms with E-state index in [1.54, 1.807) is 0 Å². The Hall–Kier alpha value is -0.0800. The van der Waals surface area contributed by atoms with Crippen LogP contribution in [0.25, 0.3) is 0 Å². The predicted octanol–water partition coefficient (Wildman–Crippen LogP) is 3.23. The van der Waals surface area contributed by atoms with Gasteiger partial charge >= 0.3 is 0 Å².